The Kier molecular flexibility index (Phi) is 2.10. The van der Waals surface area contributed by atoms with Crippen LogP contribution in [0.3, 0.4) is 0 Å². The van der Waals surface area contributed by atoms with Gasteiger partial charge in [-0.2, -0.15) is 5.26 Å². The van der Waals surface area contributed by atoms with Crippen LogP contribution in [0.2, 0.25) is 0 Å². The zero-order valence-electron chi connectivity index (χ0n) is 8.18. The molecule has 0 fully saturated rings. The summed E-state index contributed by atoms with van der Waals surface area (Å²) in [5.41, 5.74) is 8.22. The molecular weight excluding hydrogens is 190 g/mol. The van der Waals surface area contributed by atoms with Gasteiger partial charge in [-0.1, -0.05) is 6.07 Å². The Hall–Kier alpha value is -2.35. The van der Waals surface area contributed by atoms with Gasteiger partial charge in [0.05, 0.1) is 11.4 Å². The van der Waals surface area contributed by atoms with Gasteiger partial charge in [-0.15, -0.1) is 5.10 Å². The number of benzene rings is 1. The Morgan fingerprint density at radius 2 is 2.27 bits per heavy atom. The average Bonchev–Trinajstić information content (AvgIpc) is 2.70. The van der Waals surface area contributed by atoms with E-state index in [0.29, 0.717) is 5.69 Å². The lowest BCUT2D eigenvalue weighted by Crippen LogP contribution is -2.00. The summed E-state index contributed by atoms with van der Waals surface area (Å²) in [6, 6.07) is 7.48. The molecule has 74 valence electrons. The predicted octanol–water partition coefficient (Wildman–Crippen LogP) is 1.03. The van der Waals surface area contributed by atoms with Crippen LogP contribution < -0.4 is 5.73 Å². The molecule has 2 aromatic rings. The van der Waals surface area contributed by atoms with Crippen LogP contribution in [0.1, 0.15) is 11.4 Å². The fourth-order valence-electron chi connectivity index (χ4n) is 1.28. The van der Waals surface area contributed by atoms with E-state index in [-0.39, 0.29) is 5.82 Å². The first kappa shape index (κ1) is 9.21. The van der Waals surface area contributed by atoms with Crippen molar-refractivity contribution in [3.8, 4) is 11.8 Å². The first-order chi connectivity index (χ1) is 7.20. The third-order valence-corrected chi connectivity index (χ3v) is 2.02. The van der Waals surface area contributed by atoms with Crippen LogP contribution in [0, 0.1) is 18.3 Å². The van der Waals surface area contributed by atoms with E-state index >= 15 is 0 Å². The van der Waals surface area contributed by atoms with Gasteiger partial charge < -0.3 is 5.73 Å². The summed E-state index contributed by atoms with van der Waals surface area (Å²) in [7, 11) is 0. The number of nitrogen functional groups attached to an aromatic ring is 1. The van der Waals surface area contributed by atoms with Crippen molar-refractivity contribution in [2.24, 2.45) is 0 Å². The molecule has 5 nitrogen and oxygen atoms in total. The molecule has 15 heavy (non-hydrogen) atoms. The number of hydrogen-bond acceptors (Lipinski definition) is 4. The lowest BCUT2D eigenvalue weighted by atomic mass is 10.2. The zero-order chi connectivity index (χ0) is 10.8. The van der Waals surface area contributed by atoms with Crippen molar-refractivity contribution in [1.29, 1.82) is 5.26 Å². The molecule has 0 saturated carbocycles. The van der Waals surface area contributed by atoms with Crippen molar-refractivity contribution in [3.05, 3.63) is 35.9 Å². The topological polar surface area (TPSA) is 80.5 Å². The maximum Gasteiger partial charge on any atom is 0.252 e. The molecule has 0 aliphatic carbocycles. The summed E-state index contributed by atoms with van der Waals surface area (Å²) in [4.78, 5) is 3.82. The van der Waals surface area contributed by atoms with E-state index in [1.807, 2.05) is 25.1 Å². The Balaban J connectivity index is 2.54. The fraction of sp³-hybridized carbons (Fsp3) is 0.100. The Labute approximate surface area is 86.8 Å². The second-order valence-corrected chi connectivity index (χ2v) is 3.19. The van der Waals surface area contributed by atoms with Crippen molar-refractivity contribution in [1.82, 2.24) is 14.8 Å². The van der Waals surface area contributed by atoms with Gasteiger partial charge in [0.25, 0.3) is 5.82 Å². The largest absolute Gasteiger partial charge is 0.397 e. The summed E-state index contributed by atoms with van der Waals surface area (Å²) in [5.74, 6) is 0.135. The molecule has 0 bridgehead atoms. The van der Waals surface area contributed by atoms with Crippen LogP contribution in [-0.4, -0.2) is 14.8 Å². The smallest absolute Gasteiger partial charge is 0.252 e. The molecule has 0 aliphatic rings. The minimum atomic E-state index is 0.135. The molecule has 0 radical (unpaired) electrons. The first-order valence-corrected chi connectivity index (χ1v) is 4.39. The SMILES string of the molecule is Cc1ccc(N)c(-n2cnc(C#N)n2)c1. The standard InChI is InChI=1S/C10H9N5/c1-7-2-3-8(12)9(4-7)15-6-13-10(5-11)14-15/h2-4,6H,12H2,1H3. The summed E-state index contributed by atoms with van der Waals surface area (Å²) >= 11 is 0. The molecule has 0 spiro atoms. The van der Waals surface area contributed by atoms with Crippen molar-refractivity contribution in [2.45, 2.75) is 6.92 Å². The molecule has 1 aromatic heterocycles. The lowest BCUT2D eigenvalue weighted by Gasteiger charge is -2.05. The van der Waals surface area contributed by atoms with Crippen LogP contribution in [0.5, 0.6) is 0 Å². The van der Waals surface area contributed by atoms with E-state index in [1.54, 1.807) is 6.07 Å². The van der Waals surface area contributed by atoms with E-state index < -0.39 is 0 Å². The lowest BCUT2D eigenvalue weighted by molar-refractivity contribution is 0.874. The highest BCUT2D eigenvalue weighted by atomic mass is 15.3. The predicted molar refractivity (Wildman–Crippen MR) is 55.2 cm³/mol. The minimum absolute atomic E-state index is 0.135. The number of aromatic nitrogens is 3. The average molecular weight is 199 g/mol. The summed E-state index contributed by atoms with van der Waals surface area (Å²) in [6.45, 7) is 1.96. The Bertz CT molecular complexity index is 535. The van der Waals surface area contributed by atoms with Crippen LogP contribution >= 0.6 is 0 Å². The maximum absolute atomic E-state index is 8.60. The second-order valence-electron chi connectivity index (χ2n) is 3.19. The van der Waals surface area contributed by atoms with Crippen LogP contribution in [0.15, 0.2) is 24.5 Å². The van der Waals surface area contributed by atoms with Crippen LogP contribution in [0.4, 0.5) is 5.69 Å². The molecule has 5 heteroatoms. The van der Waals surface area contributed by atoms with Gasteiger partial charge >= 0.3 is 0 Å². The van der Waals surface area contributed by atoms with Gasteiger partial charge in [0, 0.05) is 0 Å². The van der Waals surface area contributed by atoms with Gasteiger partial charge in [-0.05, 0) is 24.6 Å². The van der Waals surface area contributed by atoms with Gasteiger partial charge in [0.2, 0.25) is 0 Å². The zero-order valence-corrected chi connectivity index (χ0v) is 8.18. The molecular formula is C10H9N5. The summed E-state index contributed by atoms with van der Waals surface area (Å²) in [5, 5.41) is 12.6. The second kappa shape index (κ2) is 3.42. The highest BCUT2D eigenvalue weighted by Gasteiger charge is 2.05. The normalized spacial score (nSPS) is 9.87. The molecule has 0 unspecified atom stereocenters. The molecule has 0 aliphatic heterocycles. The first-order valence-electron chi connectivity index (χ1n) is 4.39. The van der Waals surface area contributed by atoms with E-state index in [2.05, 4.69) is 10.1 Å². The van der Waals surface area contributed by atoms with Gasteiger partial charge in [0.15, 0.2) is 0 Å². The van der Waals surface area contributed by atoms with Crippen molar-refractivity contribution < 1.29 is 0 Å². The third kappa shape index (κ3) is 1.65. The monoisotopic (exact) mass is 199 g/mol. The molecule has 1 aromatic carbocycles. The molecule has 0 amide bonds. The van der Waals surface area contributed by atoms with Crippen molar-refractivity contribution in [3.63, 3.8) is 0 Å². The van der Waals surface area contributed by atoms with E-state index in [1.165, 1.54) is 11.0 Å². The number of rotatable bonds is 1. The highest BCUT2D eigenvalue weighted by molar-refractivity contribution is 5.58. The van der Waals surface area contributed by atoms with Crippen LogP contribution in [0.25, 0.3) is 5.69 Å². The van der Waals surface area contributed by atoms with E-state index in [4.69, 9.17) is 11.0 Å². The minimum Gasteiger partial charge on any atom is -0.397 e. The molecule has 1 heterocycles. The molecule has 0 saturated heterocycles. The van der Waals surface area contributed by atoms with Crippen molar-refractivity contribution in [2.75, 3.05) is 5.73 Å². The number of aryl methyl sites for hydroxylation is 1. The summed E-state index contributed by atoms with van der Waals surface area (Å²) < 4.78 is 1.50. The number of nitrogens with zero attached hydrogens (tertiary/aromatic N) is 4. The highest BCUT2D eigenvalue weighted by Crippen LogP contribution is 2.17. The van der Waals surface area contributed by atoms with Gasteiger partial charge in [0.1, 0.15) is 12.4 Å². The maximum atomic E-state index is 8.60. The number of anilines is 1. The summed E-state index contributed by atoms with van der Waals surface area (Å²) in [6.07, 6.45) is 1.48. The number of nitrogens with two attached hydrogens (primary N) is 1. The Morgan fingerprint density at radius 1 is 1.47 bits per heavy atom. The molecule has 2 N–H and O–H groups in total. The molecule has 2 rings (SSSR count). The van der Waals surface area contributed by atoms with E-state index in [0.717, 1.165) is 11.3 Å². The van der Waals surface area contributed by atoms with Gasteiger partial charge in [-0.25, -0.2) is 9.67 Å². The third-order valence-electron chi connectivity index (χ3n) is 2.02. The van der Waals surface area contributed by atoms with Crippen LogP contribution in [-0.2, 0) is 0 Å². The fourth-order valence-corrected chi connectivity index (χ4v) is 1.28. The Morgan fingerprint density at radius 3 is 2.93 bits per heavy atom. The van der Waals surface area contributed by atoms with Crippen molar-refractivity contribution >= 4 is 5.69 Å². The van der Waals surface area contributed by atoms with E-state index in [9.17, 15) is 0 Å². The number of hydrogen-bond donors (Lipinski definition) is 1. The quantitative estimate of drug-likeness (QED) is 0.695. The number of nitriles is 1. The van der Waals surface area contributed by atoms with Gasteiger partial charge in [-0.3, -0.25) is 0 Å². The molecule has 0 atom stereocenters.